The molecule has 8 heteroatoms. The smallest absolute Gasteiger partial charge is 0.411 e. The summed E-state index contributed by atoms with van der Waals surface area (Å²) in [4.78, 5) is 31.9. The number of piperazine rings is 1. The van der Waals surface area contributed by atoms with E-state index in [1.165, 1.54) is 0 Å². The second-order valence-electron chi connectivity index (χ2n) is 8.13. The normalized spacial score (nSPS) is 16.2. The highest BCUT2D eigenvalue weighted by Crippen LogP contribution is 2.37. The molecule has 2 aromatic rings. The van der Waals surface area contributed by atoms with E-state index in [-0.39, 0.29) is 18.3 Å². The topological polar surface area (TPSA) is 65.1 Å². The lowest BCUT2D eigenvalue weighted by molar-refractivity contribution is -0.119. The van der Waals surface area contributed by atoms with E-state index >= 15 is 0 Å². The number of hydrogen-bond donors (Lipinski definition) is 1. The van der Waals surface area contributed by atoms with Crippen molar-refractivity contribution in [2.45, 2.75) is 19.8 Å². The van der Waals surface area contributed by atoms with Crippen molar-refractivity contribution >= 4 is 41.5 Å². The Morgan fingerprint density at radius 3 is 2.38 bits per heavy atom. The molecule has 1 fully saturated rings. The highest BCUT2D eigenvalue weighted by atomic mass is 35.5. The van der Waals surface area contributed by atoms with Crippen molar-refractivity contribution in [1.29, 1.82) is 0 Å². The summed E-state index contributed by atoms with van der Waals surface area (Å²) in [5.74, 6) is 0.0495. The first-order chi connectivity index (χ1) is 15.0. The first-order valence-corrected chi connectivity index (χ1v) is 10.9. The highest BCUT2D eigenvalue weighted by molar-refractivity contribution is 6.04. The monoisotopic (exact) mass is 458 g/mol. The SMILES string of the molecule is CCOC(=O)Nc1ccc2c(c1)N(C(=O)CN1CCN(C)CC1)c1ccccc1CC2.Cl. The molecule has 1 N–H and O–H groups in total. The molecule has 0 aliphatic carbocycles. The lowest BCUT2D eigenvalue weighted by atomic mass is 10.0. The van der Waals surface area contributed by atoms with Crippen molar-refractivity contribution in [2.75, 3.05) is 56.6 Å². The van der Waals surface area contributed by atoms with Gasteiger partial charge in [0.25, 0.3) is 0 Å². The van der Waals surface area contributed by atoms with E-state index < -0.39 is 6.09 Å². The third kappa shape index (κ3) is 5.41. The maximum atomic E-state index is 13.6. The number of nitrogens with one attached hydrogen (secondary N) is 1. The quantitative estimate of drug-likeness (QED) is 0.757. The van der Waals surface area contributed by atoms with Crippen LogP contribution in [0.5, 0.6) is 0 Å². The number of carbonyl (C=O) groups is 2. The van der Waals surface area contributed by atoms with Gasteiger partial charge in [0.1, 0.15) is 0 Å². The van der Waals surface area contributed by atoms with Gasteiger partial charge in [0.05, 0.1) is 24.5 Å². The molecule has 1 saturated heterocycles. The van der Waals surface area contributed by atoms with Crippen LogP contribution in [-0.4, -0.2) is 68.2 Å². The van der Waals surface area contributed by atoms with E-state index in [4.69, 9.17) is 4.74 Å². The molecular formula is C24H31ClN4O3. The molecule has 0 atom stereocenters. The number of nitrogens with zero attached hydrogens (tertiary/aromatic N) is 3. The molecule has 0 spiro atoms. The van der Waals surface area contributed by atoms with Crippen molar-refractivity contribution in [3.8, 4) is 0 Å². The molecule has 2 aromatic carbocycles. The fraction of sp³-hybridized carbons (Fsp3) is 0.417. The van der Waals surface area contributed by atoms with E-state index in [2.05, 4.69) is 28.2 Å². The summed E-state index contributed by atoms with van der Waals surface area (Å²) in [5.41, 5.74) is 4.63. The molecule has 2 heterocycles. The van der Waals surface area contributed by atoms with Gasteiger partial charge < -0.3 is 9.64 Å². The Kier molecular flexibility index (Phi) is 8.12. The Labute approximate surface area is 195 Å². The summed E-state index contributed by atoms with van der Waals surface area (Å²) < 4.78 is 5.01. The van der Waals surface area contributed by atoms with Gasteiger partial charge in [-0.3, -0.25) is 19.9 Å². The number of para-hydroxylation sites is 1. The molecular weight excluding hydrogens is 428 g/mol. The van der Waals surface area contributed by atoms with Crippen molar-refractivity contribution in [2.24, 2.45) is 0 Å². The maximum Gasteiger partial charge on any atom is 0.411 e. The fourth-order valence-corrected chi connectivity index (χ4v) is 4.22. The van der Waals surface area contributed by atoms with Crippen LogP contribution >= 0.6 is 12.4 Å². The van der Waals surface area contributed by atoms with Gasteiger partial charge in [-0.05, 0) is 56.1 Å². The molecule has 2 amide bonds. The Morgan fingerprint density at radius 2 is 1.66 bits per heavy atom. The van der Waals surface area contributed by atoms with E-state index in [0.717, 1.165) is 61.5 Å². The van der Waals surface area contributed by atoms with E-state index in [9.17, 15) is 9.59 Å². The molecule has 32 heavy (non-hydrogen) atoms. The number of anilines is 3. The number of likely N-dealkylation sites (N-methyl/N-ethyl adjacent to an activating group) is 1. The number of rotatable bonds is 4. The molecule has 4 rings (SSSR count). The van der Waals surface area contributed by atoms with Crippen LogP contribution in [0.1, 0.15) is 18.1 Å². The van der Waals surface area contributed by atoms with E-state index in [0.29, 0.717) is 18.8 Å². The zero-order valence-electron chi connectivity index (χ0n) is 18.7. The van der Waals surface area contributed by atoms with Crippen LogP contribution in [0.3, 0.4) is 0 Å². The summed E-state index contributed by atoms with van der Waals surface area (Å²) in [6.45, 7) is 6.15. The molecule has 0 bridgehead atoms. The summed E-state index contributed by atoms with van der Waals surface area (Å²) in [5, 5.41) is 2.77. The van der Waals surface area contributed by atoms with Gasteiger partial charge in [-0.2, -0.15) is 0 Å². The third-order valence-corrected chi connectivity index (χ3v) is 5.95. The molecule has 0 radical (unpaired) electrons. The van der Waals surface area contributed by atoms with Gasteiger partial charge in [-0.15, -0.1) is 12.4 Å². The lowest BCUT2D eigenvalue weighted by Crippen LogP contribution is -2.48. The number of amides is 2. The van der Waals surface area contributed by atoms with Crippen molar-refractivity contribution in [3.63, 3.8) is 0 Å². The zero-order valence-corrected chi connectivity index (χ0v) is 19.5. The number of carbonyl (C=O) groups excluding carboxylic acids is 2. The minimum absolute atomic E-state index is 0. The van der Waals surface area contributed by atoms with Crippen LogP contribution in [0.25, 0.3) is 0 Å². The van der Waals surface area contributed by atoms with Crippen LogP contribution in [0.15, 0.2) is 42.5 Å². The van der Waals surface area contributed by atoms with Gasteiger partial charge in [-0.1, -0.05) is 24.3 Å². The van der Waals surface area contributed by atoms with Gasteiger partial charge in [-0.25, -0.2) is 4.79 Å². The van der Waals surface area contributed by atoms with Crippen LogP contribution in [-0.2, 0) is 22.4 Å². The van der Waals surface area contributed by atoms with Gasteiger partial charge >= 0.3 is 6.09 Å². The number of aryl methyl sites for hydroxylation is 2. The highest BCUT2D eigenvalue weighted by Gasteiger charge is 2.28. The molecule has 0 unspecified atom stereocenters. The van der Waals surface area contributed by atoms with Gasteiger partial charge in [0.15, 0.2) is 0 Å². The second kappa shape index (κ2) is 10.8. The van der Waals surface area contributed by atoms with E-state index in [1.807, 2.05) is 41.3 Å². The zero-order chi connectivity index (χ0) is 21.8. The Balaban J connectivity index is 0.00000289. The first-order valence-electron chi connectivity index (χ1n) is 10.9. The van der Waals surface area contributed by atoms with Crippen LogP contribution < -0.4 is 10.2 Å². The molecule has 0 saturated carbocycles. The fourth-order valence-electron chi connectivity index (χ4n) is 4.22. The van der Waals surface area contributed by atoms with Gasteiger partial charge in [0, 0.05) is 31.9 Å². The van der Waals surface area contributed by atoms with Crippen molar-refractivity contribution in [3.05, 3.63) is 53.6 Å². The maximum absolute atomic E-state index is 13.6. The van der Waals surface area contributed by atoms with Crippen LogP contribution in [0.2, 0.25) is 0 Å². The molecule has 172 valence electrons. The summed E-state index contributed by atoms with van der Waals surface area (Å²) in [6, 6.07) is 13.9. The number of ether oxygens (including phenoxy) is 1. The average molecular weight is 459 g/mol. The van der Waals surface area contributed by atoms with Gasteiger partial charge in [0.2, 0.25) is 5.91 Å². The van der Waals surface area contributed by atoms with Crippen molar-refractivity contribution < 1.29 is 14.3 Å². The standard InChI is InChI=1S/C24H30N4O3.ClH/c1-3-31-24(30)25-20-11-10-19-9-8-18-6-4-5-7-21(18)28(22(19)16-20)23(29)17-27-14-12-26(2)13-15-27;/h4-7,10-11,16H,3,8-9,12-15,17H2,1-2H3,(H,25,30);1H. The number of hydrogen-bond acceptors (Lipinski definition) is 5. The molecule has 2 aliphatic rings. The predicted molar refractivity (Wildman–Crippen MR) is 129 cm³/mol. The summed E-state index contributed by atoms with van der Waals surface area (Å²) in [6.07, 6.45) is 1.21. The van der Waals surface area contributed by atoms with E-state index in [1.54, 1.807) is 6.92 Å². The lowest BCUT2D eigenvalue weighted by Gasteiger charge is -2.34. The predicted octanol–water partition coefficient (Wildman–Crippen LogP) is 3.69. The number of benzene rings is 2. The Morgan fingerprint density at radius 1 is 0.969 bits per heavy atom. The molecule has 0 aromatic heterocycles. The number of halogens is 1. The number of fused-ring (bicyclic) bond motifs is 2. The average Bonchev–Trinajstić information content (AvgIpc) is 2.92. The second-order valence-corrected chi connectivity index (χ2v) is 8.13. The largest absolute Gasteiger partial charge is 0.450 e. The minimum atomic E-state index is -0.494. The molecule has 7 nitrogen and oxygen atoms in total. The summed E-state index contributed by atoms with van der Waals surface area (Å²) in [7, 11) is 2.11. The summed E-state index contributed by atoms with van der Waals surface area (Å²) >= 11 is 0. The van der Waals surface area contributed by atoms with Crippen LogP contribution in [0.4, 0.5) is 21.9 Å². The Hall–Kier alpha value is -2.61. The first kappa shape index (κ1) is 24.0. The Bertz CT molecular complexity index is 960. The van der Waals surface area contributed by atoms with Crippen molar-refractivity contribution in [1.82, 2.24) is 9.80 Å². The van der Waals surface area contributed by atoms with Crippen LogP contribution in [0, 0.1) is 0 Å². The minimum Gasteiger partial charge on any atom is -0.450 e. The molecule has 2 aliphatic heterocycles. The third-order valence-electron chi connectivity index (χ3n) is 5.95.